The molecule has 0 aliphatic carbocycles. The van der Waals surface area contributed by atoms with E-state index in [0.717, 1.165) is 6.54 Å². The molecule has 0 spiro atoms. The normalized spacial score (nSPS) is 11.6. The Labute approximate surface area is 133 Å². The molecule has 0 aromatic heterocycles. The van der Waals surface area contributed by atoms with E-state index in [-0.39, 0.29) is 23.7 Å². The maximum absolute atomic E-state index is 13.5. The van der Waals surface area contributed by atoms with Crippen LogP contribution in [0.2, 0.25) is 0 Å². The summed E-state index contributed by atoms with van der Waals surface area (Å²) in [5, 5.41) is 2.81. The van der Waals surface area contributed by atoms with Crippen LogP contribution < -0.4 is 10.1 Å². The number of amides is 1. The van der Waals surface area contributed by atoms with E-state index in [0.29, 0.717) is 11.0 Å². The van der Waals surface area contributed by atoms with Crippen molar-refractivity contribution in [1.29, 1.82) is 0 Å². The fourth-order valence-electron chi connectivity index (χ4n) is 2.04. The lowest BCUT2D eigenvalue weighted by Gasteiger charge is -2.28. The van der Waals surface area contributed by atoms with Crippen molar-refractivity contribution in [1.82, 2.24) is 10.2 Å². The molecule has 1 N–H and O–H groups in total. The summed E-state index contributed by atoms with van der Waals surface area (Å²) in [4.78, 5) is 13.8. The molecule has 1 aromatic carbocycles. The third kappa shape index (κ3) is 6.91. The highest BCUT2D eigenvalue weighted by Crippen LogP contribution is 2.21. The Balaban J connectivity index is 2.41. The summed E-state index contributed by atoms with van der Waals surface area (Å²) in [6, 6.07) is 4.45. The molecule has 4 nitrogen and oxygen atoms in total. The van der Waals surface area contributed by atoms with Crippen LogP contribution in [0.25, 0.3) is 0 Å². The Morgan fingerprint density at radius 3 is 2.67 bits per heavy atom. The molecule has 6 heteroatoms. The van der Waals surface area contributed by atoms with E-state index in [9.17, 15) is 9.18 Å². The Morgan fingerprint density at radius 2 is 2.10 bits per heavy atom. The number of halogens is 2. The van der Waals surface area contributed by atoms with E-state index < -0.39 is 5.82 Å². The van der Waals surface area contributed by atoms with Gasteiger partial charge in [-0.2, -0.15) is 0 Å². The van der Waals surface area contributed by atoms with E-state index in [1.165, 1.54) is 12.1 Å². The highest BCUT2D eigenvalue weighted by atomic mass is 79.9. The van der Waals surface area contributed by atoms with Crippen molar-refractivity contribution in [2.75, 3.05) is 33.8 Å². The zero-order chi connectivity index (χ0) is 16.0. The molecule has 118 valence electrons. The molecule has 1 amide bonds. The van der Waals surface area contributed by atoms with Crippen molar-refractivity contribution in [3.63, 3.8) is 0 Å². The van der Waals surface area contributed by atoms with Gasteiger partial charge in [0.15, 0.2) is 18.2 Å². The first kappa shape index (κ1) is 17.9. The first-order valence-corrected chi connectivity index (χ1v) is 7.48. The largest absolute Gasteiger partial charge is 0.481 e. The van der Waals surface area contributed by atoms with Crippen molar-refractivity contribution in [3.05, 3.63) is 28.5 Å². The summed E-state index contributed by atoms with van der Waals surface area (Å²) >= 11 is 3.16. The van der Waals surface area contributed by atoms with Crippen molar-refractivity contribution >= 4 is 21.8 Å². The summed E-state index contributed by atoms with van der Waals surface area (Å²) in [7, 11) is 3.98. The first-order valence-electron chi connectivity index (χ1n) is 6.69. The quantitative estimate of drug-likeness (QED) is 0.812. The van der Waals surface area contributed by atoms with E-state index in [2.05, 4.69) is 40.0 Å². The molecule has 0 atom stereocenters. The number of carbonyl (C=O) groups excluding carboxylic acids is 1. The second-order valence-corrected chi connectivity index (χ2v) is 6.96. The average Bonchev–Trinajstić information content (AvgIpc) is 2.34. The molecular formula is C15H22BrFN2O2. The minimum atomic E-state index is -0.495. The van der Waals surface area contributed by atoms with Gasteiger partial charge < -0.3 is 15.0 Å². The van der Waals surface area contributed by atoms with Gasteiger partial charge in [0.2, 0.25) is 0 Å². The van der Waals surface area contributed by atoms with Gasteiger partial charge in [-0.25, -0.2) is 4.39 Å². The number of hydrogen-bond donors (Lipinski definition) is 1. The Kier molecular flexibility index (Phi) is 6.61. The van der Waals surface area contributed by atoms with Crippen LogP contribution in [0.1, 0.15) is 13.8 Å². The summed E-state index contributed by atoms with van der Waals surface area (Å²) in [6.07, 6.45) is 0. The number of benzene rings is 1. The lowest BCUT2D eigenvalue weighted by atomic mass is 9.93. The van der Waals surface area contributed by atoms with E-state index in [1.807, 2.05) is 14.1 Å². The number of carbonyl (C=O) groups is 1. The molecule has 0 saturated heterocycles. The molecule has 0 bridgehead atoms. The van der Waals surface area contributed by atoms with Crippen LogP contribution in [0.5, 0.6) is 5.75 Å². The molecule has 0 aliphatic rings. The van der Waals surface area contributed by atoms with Crippen LogP contribution in [0.15, 0.2) is 22.7 Å². The molecule has 1 rings (SSSR count). The fraction of sp³-hybridized carbons (Fsp3) is 0.533. The first-order chi connectivity index (χ1) is 9.69. The van der Waals surface area contributed by atoms with E-state index >= 15 is 0 Å². The molecule has 0 saturated carbocycles. The van der Waals surface area contributed by atoms with Gasteiger partial charge in [0.05, 0.1) is 0 Å². The smallest absolute Gasteiger partial charge is 0.257 e. The Bertz CT molecular complexity index is 493. The average molecular weight is 361 g/mol. The van der Waals surface area contributed by atoms with Crippen LogP contribution in [-0.2, 0) is 4.79 Å². The SMILES string of the molecule is CN(C)CC(C)(C)CNC(=O)COc1ccc(Br)cc1F. The van der Waals surface area contributed by atoms with Crippen molar-refractivity contribution in [2.45, 2.75) is 13.8 Å². The molecular weight excluding hydrogens is 339 g/mol. The molecule has 0 aliphatic heterocycles. The second kappa shape index (κ2) is 7.75. The number of nitrogens with zero attached hydrogens (tertiary/aromatic N) is 1. The van der Waals surface area contributed by atoms with Gasteiger partial charge in [0.1, 0.15) is 0 Å². The summed E-state index contributed by atoms with van der Waals surface area (Å²) in [6.45, 7) is 5.34. The minimum Gasteiger partial charge on any atom is -0.481 e. The van der Waals surface area contributed by atoms with Crippen molar-refractivity contribution < 1.29 is 13.9 Å². The topological polar surface area (TPSA) is 41.6 Å². The van der Waals surface area contributed by atoms with Crippen molar-refractivity contribution in [3.8, 4) is 5.75 Å². The third-order valence-electron chi connectivity index (χ3n) is 2.76. The lowest BCUT2D eigenvalue weighted by molar-refractivity contribution is -0.123. The number of nitrogens with one attached hydrogen (secondary N) is 1. The van der Waals surface area contributed by atoms with Gasteiger partial charge in [0, 0.05) is 17.6 Å². The van der Waals surface area contributed by atoms with Crippen molar-refractivity contribution in [2.24, 2.45) is 5.41 Å². The maximum atomic E-state index is 13.5. The zero-order valence-corrected chi connectivity index (χ0v) is 14.5. The van der Waals surface area contributed by atoms with E-state index in [1.54, 1.807) is 6.07 Å². The molecule has 0 unspecified atom stereocenters. The molecule has 0 heterocycles. The maximum Gasteiger partial charge on any atom is 0.257 e. The van der Waals surface area contributed by atoms with Crippen LogP contribution in [0.3, 0.4) is 0 Å². The molecule has 21 heavy (non-hydrogen) atoms. The Hall–Kier alpha value is -1.14. The minimum absolute atomic E-state index is 0.0397. The zero-order valence-electron chi connectivity index (χ0n) is 12.9. The predicted molar refractivity (Wildman–Crippen MR) is 84.9 cm³/mol. The third-order valence-corrected chi connectivity index (χ3v) is 3.25. The summed E-state index contributed by atoms with van der Waals surface area (Å²) in [5.41, 5.74) is -0.0397. The second-order valence-electron chi connectivity index (χ2n) is 6.04. The van der Waals surface area contributed by atoms with Gasteiger partial charge in [0.25, 0.3) is 5.91 Å². The van der Waals surface area contributed by atoms with Gasteiger partial charge in [-0.1, -0.05) is 29.8 Å². The van der Waals surface area contributed by atoms with Crippen LogP contribution in [0.4, 0.5) is 4.39 Å². The predicted octanol–water partition coefficient (Wildman–Crippen LogP) is 2.67. The van der Waals surface area contributed by atoms with E-state index in [4.69, 9.17) is 4.74 Å². The monoisotopic (exact) mass is 360 g/mol. The molecule has 0 fully saturated rings. The fourth-order valence-corrected chi connectivity index (χ4v) is 2.37. The summed E-state index contributed by atoms with van der Waals surface area (Å²) < 4.78 is 19.3. The van der Waals surface area contributed by atoms with Gasteiger partial charge in [-0.15, -0.1) is 0 Å². The van der Waals surface area contributed by atoms with Gasteiger partial charge in [-0.05, 0) is 37.7 Å². The number of hydrogen-bond acceptors (Lipinski definition) is 3. The van der Waals surface area contributed by atoms with Crippen LogP contribution in [0, 0.1) is 11.2 Å². The number of ether oxygens (including phenoxy) is 1. The van der Waals surface area contributed by atoms with Gasteiger partial charge in [-0.3, -0.25) is 4.79 Å². The lowest BCUT2D eigenvalue weighted by Crippen LogP contribution is -2.41. The number of rotatable bonds is 7. The highest BCUT2D eigenvalue weighted by Gasteiger charge is 2.20. The highest BCUT2D eigenvalue weighted by molar-refractivity contribution is 9.10. The summed E-state index contributed by atoms with van der Waals surface area (Å²) in [5.74, 6) is -0.685. The van der Waals surface area contributed by atoms with Crippen LogP contribution in [-0.4, -0.2) is 44.6 Å². The van der Waals surface area contributed by atoms with Gasteiger partial charge >= 0.3 is 0 Å². The molecule has 1 aromatic rings. The Morgan fingerprint density at radius 1 is 1.43 bits per heavy atom. The standard InChI is InChI=1S/C15H22BrFN2O2/c1-15(2,10-19(3)4)9-18-14(20)8-21-13-6-5-11(16)7-12(13)17/h5-7H,8-10H2,1-4H3,(H,18,20). The van der Waals surface area contributed by atoms with Crippen LogP contribution >= 0.6 is 15.9 Å². The molecule has 0 radical (unpaired) electrons.